The van der Waals surface area contributed by atoms with Crippen LogP contribution in [-0.2, 0) is 0 Å². The maximum absolute atomic E-state index is 14.6. The Bertz CT molecular complexity index is 1330. The largest absolute Gasteiger partial charge is 0.494 e. The fourth-order valence-electron chi connectivity index (χ4n) is 5.49. The van der Waals surface area contributed by atoms with Gasteiger partial charge in [-0.05, 0) is 52.9 Å². The van der Waals surface area contributed by atoms with Crippen LogP contribution in [0, 0.1) is 15.9 Å². The van der Waals surface area contributed by atoms with Crippen LogP contribution < -0.4 is 9.75 Å². The van der Waals surface area contributed by atoms with Crippen LogP contribution in [0.4, 0.5) is 20.6 Å². The molecule has 3 aliphatic heterocycles. The lowest BCUT2D eigenvalue weighted by molar-refractivity contribution is -0.384. The number of nitro groups is 1. The van der Waals surface area contributed by atoms with Crippen LogP contribution in [0.25, 0.3) is 0 Å². The van der Waals surface area contributed by atoms with Crippen molar-refractivity contribution in [3.63, 3.8) is 0 Å². The monoisotopic (exact) mass is 574 g/mol. The Balaban J connectivity index is 1.61. The SMILES string of the molecule is COc1ccc(C2CN(N3CCC=C3[C@H]3CCCN3C(=O)O)c3c(Br)cc([N+](=O)[O-])cc3C2=O)cc1F. The Labute approximate surface area is 220 Å². The molecule has 1 N–H and O–H groups in total. The highest BCUT2D eigenvalue weighted by molar-refractivity contribution is 9.10. The molecule has 10 nitrogen and oxygen atoms in total. The highest BCUT2D eigenvalue weighted by Gasteiger charge is 2.42. The Morgan fingerprint density at radius 3 is 2.70 bits per heavy atom. The van der Waals surface area contributed by atoms with Crippen LogP contribution in [0.1, 0.15) is 41.1 Å². The number of methoxy groups -OCH3 is 1. The molecule has 194 valence electrons. The molecule has 1 amide bonds. The first-order valence-electron chi connectivity index (χ1n) is 11.8. The molecule has 12 heteroatoms. The van der Waals surface area contributed by atoms with Crippen LogP contribution >= 0.6 is 15.9 Å². The lowest BCUT2D eigenvalue weighted by atomic mass is 9.86. The fourth-order valence-corrected chi connectivity index (χ4v) is 6.14. The van der Waals surface area contributed by atoms with E-state index in [1.54, 1.807) is 6.07 Å². The van der Waals surface area contributed by atoms with Gasteiger partial charge >= 0.3 is 6.09 Å². The predicted molar refractivity (Wildman–Crippen MR) is 135 cm³/mol. The number of ether oxygens (including phenoxy) is 1. The third-order valence-corrected chi connectivity index (χ3v) is 7.76. The fraction of sp³-hybridized carbons (Fsp3) is 0.360. The number of anilines is 1. The van der Waals surface area contributed by atoms with Gasteiger partial charge < -0.3 is 9.84 Å². The van der Waals surface area contributed by atoms with Gasteiger partial charge in [0.05, 0.1) is 52.0 Å². The average molecular weight is 575 g/mol. The molecule has 0 bridgehead atoms. The van der Waals surface area contributed by atoms with Gasteiger partial charge in [0.15, 0.2) is 17.3 Å². The molecule has 2 aromatic rings. The number of hydrazine groups is 1. The van der Waals surface area contributed by atoms with Crippen molar-refractivity contribution in [3.8, 4) is 5.75 Å². The van der Waals surface area contributed by atoms with E-state index in [9.17, 15) is 29.2 Å². The van der Waals surface area contributed by atoms with Crippen molar-refractivity contribution in [2.24, 2.45) is 0 Å². The number of carbonyl (C=O) groups excluding carboxylic acids is 1. The number of amides is 1. The van der Waals surface area contributed by atoms with Gasteiger partial charge in [0.25, 0.3) is 5.69 Å². The van der Waals surface area contributed by atoms with Crippen LogP contribution in [0.3, 0.4) is 0 Å². The Kier molecular flexibility index (Phi) is 6.52. The van der Waals surface area contributed by atoms with Crippen molar-refractivity contribution in [1.29, 1.82) is 0 Å². The second-order valence-corrected chi connectivity index (χ2v) is 10.0. The number of nitro benzene ring substituents is 1. The van der Waals surface area contributed by atoms with E-state index in [0.717, 1.165) is 12.1 Å². The third kappa shape index (κ3) is 4.28. The minimum Gasteiger partial charge on any atom is -0.494 e. The first-order chi connectivity index (χ1) is 17.7. The molecule has 3 heterocycles. The zero-order valence-electron chi connectivity index (χ0n) is 19.9. The molecule has 0 spiro atoms. The summed E-state index contributed by atoms with van der Waals surface area (Å²) in [6.45, 7) is 1.12. The molecule has 1 fully saturated rings. The minimum absolute atomic E-state index is 0.0439. The summed E-state index contributed by atoms with van der Waals surface area (Å²) >= 11 is 3.44. The summed E-state index contributed by atoms with van der Waals surface area (Å²) in [4.78, 5) is 38.0. The van der Waals surface area contributed by atoms with Gasteiger partial charge in [-0.2, -0.15) is 0 Å². The maximum Gasteiger partial charge on any atom is 0.407 e. The summed E-state index contributed by atoms with van der Waals surface area (Å²) in [5.74, 6) is -1.75. The number of ketones is 1. The summed E-state index contributed by atoms with van der Waals surface area (Å²) in [5.41, 5.74) is 1.59. The quantitative estimate of drug-likeness (QED) is 0.394. The van der Waals surface area contributed by atoms with Gasteiger partial charge in [-0.15, -0.1) is 0 Å². The molecular formula is C25H24BrFN4O6. The van der Waals surface area contributed by atoms with E-state index in [0.29, 0.717) is 41.7 Å². The van der Waals surface area contributed by atoms with Crippen molar-refractivity contribution >= 4 is 39.2 Å². The molecule has 1 unspecified atom stereocenters. The van der Waals surface area contributed by atoms with E-state index < -0.39 is 22.8 Å². The Morgan fingerprint density at radius 2 is 2.03 bits per heavy atom. The van der Waals surface area contributed by atoms with Crippen LogP contribution in [-0.4, -0.2) is 64.6 Å². The summed E-state index contributed by atoms with van der Waals surface area (Å²) in [5, 5.41) is 25.1. The highest BCUT2D eigenvalue weighted by atomic mass is 79.9. The number of hydrogen-bond acceptors (Lipinski definition) is 7. The number of benzene rings is 2. The van der Waals surface area contributed by atoms with Gasteiger partial charge in [-0.25, -0.2) is 9.18 Å². The Morgan fingerprint density at radius 1 is 1.24 bits per heavy atom. The maximum atomic E-state index is 14.6. The number of fused-ring (bicyclic) bond motifs is 1. The number of non-ortho nitro benzene ring substituents is 1. The molecule has 0 radical (unpaired) electrons. The molecule has 3 aliphatic rings. The third-order valence-electron chi connectivity index (χ3n) is 7.16. The van der Waals surface area contributed by atoms with Gasteiger partial charge in [0, 0.05) is 25.2 Å². The highest BCUT2D eigenvalue weighted by Crippen LogP contribution is 2.45. The Hall–Kier alpha value is -3.67. The number of likely N-dealkylation sites (tertiary alicyclic amines) is 1. The average Bonchev–Trinajstić information content (AvgIpc) is 3.54. The summed E-state index contributed by atoms with van der Waals surface area (Å²) < 4.78 is 20.0. The van der Waals surface area contributed by atoms with Crippen LogP contribution in [0.5, 0.6) is 5.75 Å². The molecule has 0 saturated carbocycles. The number of Topliss-reactive ketones (excluding diaryl/α,β-unsaturated/α-hetero) is 1. The van der Waals surface area contributed by atoms with Crippen molar-refractivity contribution in [3.05, 3.63) is 73.6 Å². The number of halogens is 2. The first-order valence-corrected chi connectivity index (χ1v) is 12.6. The van der Waals surface area contributed by atoms with E-state index in [1.807, 2.05) is 16.1 Å². The molecule has 0 aromatic heterocycles. The summed E-state index contributed by atoms with van der Waals surface area (Å²) in [6.07, 6.45) is 3.09. The number of carboxylic acid groups (broad SMARTS) is 1. The van der Waals surface area contributed by atoms with E-state index >= 15 is 0 Å². The van der Waals surface area contributed by atoms with E-state index in [2.05, 4.69) is 15.9 Å². The number of nitrogens with zero attached hydrogens (tertiary/aromatic N) is 4. The minimum atomic E-state index is -0.993. The van der Waals surface area contributed by atoms with Crippen molar-refractivity contribution in [1.82, 2.24) is 9.91 Å². The smallest absolute Gasteiger partial charge is 0.407 e. The standard InChI is InChI=1S/C25H24BrFN4O6/c1-37-22-7-6-14(10-19(22)27)17-13-30(23-16(24(17)32)11-15(31(35)36)12-18(23)26)29-9-3-5-21(29)20-4-2-8-28(20)25(33)34/h5-7,10-12,17,20H,2-4,8-9,13H2,1H3,(H,33,34)/t17?,20-/m1/s1. The molecule has 5 rings (SSSR count). The van der Waals surface area contributed by atoms with Crippen LogP contribution in [0.2, 0.25) is 0 Å². The van der Waals surface area contributed by atoms with Crippen LogP contribution in [0.15, 0.2) is 46.6 Å². The summed E-state index contributed by atoms with van der Waals surface area (Å²) in [7, 11) is 1.35. The number of hydrogen-bond donors (Lipinski definition) is 1. The number of rotatable bonds is 5. The topological polar surface area (TPSA) is 116 Å². The lowest BCUT2D eigenvalue weighted by Crippen LogP contribution is -2.51. The molecule has 0 aliphatic carbocycles. The zero-order chi connectivity index (χ0) is 26.4. The molecular weight excluding hydrogens is 551 g/mol. The predicted octanol–water partition coefficient (Wildman–Crippen LogP) is 4.94. The van der Waals surface area contributed by atoms with E-state index in [-0.39, 0.29) is 35.4 Å². The van der Waals surface area contributed by atoms with Gasteiger partial charge in [-0.1, -0.05) is 12.1 Å². The normalized spacial score (nSPS) is 21.2. The lowest BCUT2D eigenvalue weighted by Gasteiger charge is -2.44. The van der Waals surface area contributed by atoms with Gasteiger partial charge in [-0.3, -0.25) is 29.8 Å². The molecule has 2 atom stereocenters. The zero-order valence-corrected chi connectivity index (χ0v) is 21.5. The van der Waals surface area contributed by atoms with Gasteiger partial charge in [0.2, 0.25) is 0 Å². The first kappa shape index (κ1) is 25.0. The number of carbonyl (C=O) groups is 2. The van der Waals surface area contributed by atoms with Crippen molar-refractivity contribution in [2.45, 2.75) is 31.2 Å². The second-order valence-electron chi connectivity index (χ2n) is 9.15. The molecule has 2 aromatic carbocycles. The van der Waals surface area contributed by atoms with E-state index in [4.69, 9.17) is 4.74 Å². The molecule has 37 heavy (non-hydrogen) atoms. The molecule has 1 saturated heterocycles. The summed E-state index contributed by atoms with van der Waals surface area (Å²) in [6, 6.07) is 6.58. The van der Waals surface area contributed by atoms with Crippen molar-refractivity contribution < 1.29 is 28.7 Å². The second kappa shape index (κ2) is 9.66. The van der Waals surface area contributed by atoms with Crippen molar-refractivity contribution in [2.75, 3.05) is 31.8 Å². The van der Waals surface area contributed by atoms with Gasteiger partial charge in [0.1, 0.15) is 0 Å². The van der Waals surface area contributed by atoms with E-state index in [1.165, 1.54) is 36.3 Å².